The molecular formula is C26H23FN4O3S. The van der Waals surface area contributed by atoms with Crippen LogP contribution in [0.2, 0.25) is 0 Å². The molecule has 0 fully saturated rings. The standard InChI is InChI=1S/C26H23FN4O3S/c27-17-6-1-4-15(12-17)23-22-16(5-2-11-29-22)13-18(30-23)7-3-10-28-14-21(33)19-8-9-20(32)24-25(19)35-26(34)31-24/h1-2,4-6,8-9,11-13,21,28,32-33H,3,7,10,14H2,(H,31,34)/t21-/m0/s1. The number of aryl methyl sites for hydroxylation is 1. The van der Waals surface area contributed by atoms with Crippen LogP contribution in [-0.4, -0.2) is 38.3 Å². The molecule has 0 amide bonds. The summed E-state index contributed by atoms with van der Waals surface area (Å²) in [4.78, 5) is 23.2. The van der Waals surface area contributed by atoms with Crippen LogP contribution in [0, 0.1) is 5.82 Å². The number of fused-ring (bicyclic) bond motifs is 2. The van der Waals surface area contributed by atoms with Crippen molar-refractivity contribution in [3.8, 4) is 17.0 Å². The molecule has 2 aromatic carbocycles. The average Bonchev–Trinajstić information content (AvgIpc) is 3.25. The highest BCUT2D eigenvalue weighted by Gasteiger charge is 2.16. The molecule has 0 aliphatic rings. The molecule has 0 saturated heterocycles. The molecule has 0 aliphatic heterocycles. The zero-order valence-electron chi connectivity index (χ0n) is 18.7. The highest BCUT2D eigenvalue weighted by molar-refractivity contribution is 7.16. The Labute approximate surface area is 203 Å². The van der Waals surface area contributed by atoms with E-state index in [-0.39, 0.29) is 16.4 Å². The van der Waals surface area contributed by atoms with E-state index in [1.54, 1.807) is 18.3 Å². The SMILES string of the molecule is O=c1[nH]c2c(O)ccc([C@@H](O)CNCCCc3cc4cccnc4c(-c4cccc(F)c4)n3)c2s1. The number of rotatable bonds is 8. The van der Waals surface area contributed by atoms with Gasteiger partial charge >= 0.3 is 4.87 Å². The number of H-pyrrole nitrogens is 1. The number of aliphatic hydroxyl groups is 1. The zero-order valence-corrected chi connectivity index (χ0v) is 19.5. The van der Waals surface area contributed by atoms with Gasteiger partial charge in [0.1, 0.15) is 17.1 Å². The number of phenolic OH excluding ortho intramolecular Hbond substituents is 1. The second kappa shape index (κ2) is 9.91. The molecule has 0 spiro atoms. The Balaban J connectivity index is 1.25. The summed E-state index contributed by atoms with van der Waals surface area (Å²) in [6.07, 6.45) is 2.35. The van der Waals surface area contributed by atoms with Gasteiger partial charge in [-0.3, -0.25) is 14.8 Å². The normalized spacial score (nSPS) is 12.4. The molecule has 35 heavy (non-hydrogen) atoms. The molecular weight excluding hydrogens is 467 g/mol. The number of halogens is 1. The van der Waals surface area contributed by atoms with Crippen LogP contribution in [0.1, 0.15) is 23.8 Å². The van der Waals surface area contributed by atoms with Gasteiger partial charge in [0, 0.05) is 34.9 Å². The Bertz CT molecular complexity index is 1570. The van der Waals surface area contributed by atoms with Crippen LogP contribution in [0.5, 0.6) is 5.75 Å². The lowest BCUT2D eigenvalue weighted by Crippen LogP contribution is -2.23. The summed E-state index contributed by atoms with van der Waals surface area (Å²) in [5, 5.41) is 24.8. The lowest BCUT2D eigenvalue weighted by molar-refractivity contribution is 0.176. The summed E-state index contributed by atoms with van der Waals surface area (Å²) in [6, 6.07) is 15.3. The number of aromatic nitrogens is 3. The van der Waals surface area contributed by atoms with Crippen LogP contribution in [0.4, 0.5) is 4.39 Å². The Morgan fingerprint density at radius 2 is 2.03 bits per heavy atom. The van der Waals surface area contributed by atoms with E-state index in [0.29, 0.717) is 46.5 Å². The largest absolute Gasteiger partial charge is 0.506 e. The van der Waals surface area contributed by atoms with Crippen LogP contribution < -0.4 is 10.2 Å². The minimum atomic E-state index is -0.825. The van der Waals surface area contributed by atoms with Crippen LogP contribution in [0.3, 0.4) is 0 Å². The van der Waals surface area contributed by atoms with Crippen molar-refractivity contribution < 1.29 is 14.6 Å². The van der Waals surface area contributed by atoms with Gasteiger partial charge in [-0.15, -0.1) is 0 Å². The van der Waals surface area contributed by atoms with E-state index in [0.717, 1.165) is 34.4 Å². The van der Waals surface area contributed by atoms with Crippen molar-refractivity contribution >= 4 is 32.5 Å². The van der Waals surface area contributed by atoms with E-state index in [9.17, 15) is 19.4 Å². The number of thiazole rings is 1. The maximum Gasteiger partial charge on any atom is 0.305 e. The molecule has 9 heteroatoms. The first-order valence-electron chi connectivity index (χ1n) is 11.2. The third-order valence-electron chi connectivity index (χ3n) is 5.81. The van der Waals surface area contributed by atoms with Gasteiger partial charge in [-0.05, 0) is 49.7 Å². The number of pyridine rings is 2. The number of hydrogen-bond acceptors (Lipinski definition) is 7. The number of benzene rings is 2. The Morgan fingerprint density at radius 3 is 2.89 bits per heavy atom. The second-order valence-corrected chi connectivity index (χ2v) is 9.25. The maximum atomic E-state index is 13.8. The molecule has 5 aromatic rings. The van der Waals surface area contributed by atoms with Crippen LogP contribution in [0.25, 0.3) is 32.4 Å². The summed E-state index contributed by atoms with van der Waals surface area (Å²) in [5.74, 6) is -0.336. The first kappa shape index (κ1) is 23.1. The van der Waals surface area contributed by atoms with E-state index < -0.39 is 6.10 Å². The van der Waals surface area contributed by atoms with E-state index in [1.807, 2.05) is 24.3 Å². The molecule has 0 bridgehead atoms. The second-order valence-electron chi connectivity index (χ2n) is 8.26. The molecule has 4 N–H and O–H groups in total. The first-order valence-corrected chi connectivity index (χ1v) is 12.1. The first-order chi connectivity index (χ1) is 17.0. The Hall–Kier alpha value is -3.66. The van der Waals surface area contributed by atoms with E-state index in [1.165, 1.54) is 18.2 Å². The van der Waals surface area contributed by atoms with Crippen molar-refractivity contribution in [3.63, 3.8) is 0 Å². The minimum absolute atomic E-state index is 0.0158. The van der Waals surface area contributed by atoms with E-state index in [2.05, 4.69) is 15.3 Å². The highest BCUT2D eigenvalue weighted by atomic mass is 32.1. The number of nitrogens with zero attached hydrogens (tertiary/aromatic N) is 2. The van der Waals surface area contributed by atoms with Gasteiger partial charge < -0.3 is 20.5 Å². The molecule has 3 heterocycles. The van der Waals surface area contributed by atoms with Crippen molar-refractivity contribution in [2.75, 3.05) is 13.1 Å². The molecule has 1 atom stereocenters. The lowest BCUT2D eigenvalue weighted by Gasteiger charge is -2.13. The predicted octanol–water partition coefficient (Wildman–Crippen LogP) is 4.30. The van der Waals surface area contributed by atoms with E-state index >= 15 is 0 Å². The number of aromatic hydroxyl groups is 1. The quantitative estimate of drug-likeness (QED) is 0.241. The smallest absolute Gasteiger partial charge is 0.305 e. The molecule has 3 aromatic heterocycles. The fourth-order valence-corrected chi connectivity index (χ4v) is 5.07. The van der Waals surface area contributed by atoms with Gasteiger partial charge in [-0.25, -0.2) is 4.39 Å². The summed E-state index contributed by atoms with van der Waals surface area (Å²) in [5.41, 5.74) is 3.89. The number of phenols is 1. The van der Waals surface area contributed by atoms with Crippen LogP contribution in [0.15, 0.2) is 65.6 Å². The van der Waals surface area contributed by atoms with Gasteiger partial charge in [0.15, 0.2) is 0 Å². The van der Waals surface area contributed by atoms with Crippen molar-refractivity contribution in [2.45, 2.75) is 18.9 Å². The highest BCUT2D eigenvalue weighted by Crippen LogP contribution is 2.31. The molecule has 0 radical (unpaired) electrons. The summed E-state index contributed by atoms with van der Waals surface area (Å²) in [6.45, 7) is 0.944. The molecule has 0 saturated carbocycles. The maximum absolute atomic E-state index is 13.8. The van der Waals surface area contributed by atoms with Crippen molar-refractivity contribution in [3.05, 3.63) is 87.5 Å². The molecule has 7 nitrogen and oxygen atoms in total. The fourth-order valence-electron chi connectivity index (χ4n) is 4.15. The summed E-state index contributed by atoms with van der Waals surface area (Å²) in [7, 11) is 0. The van der Waals surface area contributed by atoms with Crippen molar-refractivity contribution in [1.82, 2.24) is 20.3 Å². The lowest BCUT2D eigenvalue weighted by atomic mass is 10.1. The van der Waals surface area contributed by atoms with Gasteiger partial charge in [0.05, 0.1) is 22.0 Å². The van der Waals surface area contributed by atoms with Gasteiger partial charge in [0.25, 0.3) is 0 Å². The minimum Gasteiger partial charge on any atom is -0.506 e. The number of aliphatic hydroxyl groups excluding tert-OH is 1. The molecule has 0 unspecified atom stereocenters. The van der Waals surface area contributed by atoms with Gasteiger partial charge in [0.2, 0.25) is 0 Å². The van der Waals surface area contributed by atoms with Crippen molar-refractivity contribution in [2.24, 2.45) is 0 Å². The molecule has 178 valence electrons. The fraction of sp³-hybridized carbons (Fsp3) is 0.192. The van der Waals surface area contributed by atoms with Gasteiger partial charge in [-0.2, -0.15) is 0 Å². The number of nitrogens with one attached hydrogen (secondary N) is 2. The van der Waals surface area contributed by atoms with E-state index in [4.69, 9.17) is 4.98 Å². The number of hydrogen-bond donors (Lipinski definition) is 4. The third kappa shape index (κ3) is 4.93. The summed E-state index contributed by atoms with van der Waals surface area (Å²) >= 11 is 0.968. The Morgan fingerprint density at radius 1 is 1.14 bits per heavy atom. The van der Waals surface area contributed by atoms with Crippen LogP contribution >= 0.6 is 11.3 Å². The third-order valence-corrected chi connectivity index (χ3v) is 6.74. The van der Waals surface area contributed by atoms with Gasteiger partial charge in [-0.1, -0.05) is 35.6 Å². The van der Waals surface area contributed by atoms with Crippen molar-refractivity contribution in [1.29, 1.82) is 0 Å². The monoisotopic (exact) mass is 490 g/mol. The summed E-state index contributed by atoms with van der Waals surface area (Å²) < 4.78 is 14.4. The predicted molar refractivity (Wildman–Crippen MR) is 135 cm³/mol. The Kier molecular flexibility index (Phi) is 6.54. The molecule has 0 aliphatic carbocycles. The average molecular weight is 491 g/mol. The number of aromatic amines is 1. The van der Waals surface area contributed by atoms with Crippen LogP contribution in [-0.2, 0) is 6.42 Å². The topological polar surface area (TPSA) is 111 Å². The zero-order chi connectivity index (χ0) is 24.4. The molecule has 5 rings (SSSR count).